The van der Waals surface area contributed by atoms with Gasteiger partial charge in [0.25, 0.3) is 0 Å². The number of hydrogen-bond acceptors (Lipinski definition) is 1. The molecule has 1 saturated carbocycles. The molecule has 33 heavy (non-hydrogen) atoms. The fraction of sp³-hybridized carbons (Fsp3) is 0.276. The number of rotatable bonds is 3. The van der Waals surface area contributed by atoms with Crippen molar-refractivity contribution in [2.75, 3.05) is 0 Å². The van der Waals surface area contributed by atoms with Gasteiger partial charge in [0.2, 0.25) is 0 Å². The Hall–Kier alpha value is -1.05. The summed E-state index contributed by atoms with van der Waals surface area (Å²) in [6.45, 7) is 2.46. The molecule has 1 fully saturated rings. The van der Waals surface area contributed by atoms with Crippen LogP contribution in [0.25, 0.3) is 16.7 Å². The van der Waals surface area contributed by atoms with E-state index in [1.807, 2.05) is 17.8 Å². The summed E-state index contributed by atoms with van der Waals surface area (Å²) >= 11 is -0.376. The maximum absolute atomic E-state index is 2.49. The summed E-state index contributed by atoms with van der Waals surface area (Å²) in [6, 6.07) is 21.0. The van der Waals surface area contributed by atoms with Crippen molar-refractivity contribution >= 4 is 20.1 Å². The van der Waals surface area contributed by atoms with Crippen molar-refractivity contribution in [3.63, 3.8) is 0 Å². The predicted molar refractivity (Wildman–Crippen MR) is 131 cm³/mol. The molecular weight excluding hydrogens is 543 g/mol. The average Bonchev–Trinajstić information content (AvgIpc) is 3.55. The molecule has 3 aromatic rings. The fourth-order valence-corrected chi connectivity index (χ4v) is 17.0. The Labute approximate surface area is 221 Å². The van der Waals surface area contributed by atoms with E-state index in [4.69, 9.17) is 0 Å². The normalized spacial score (nSPS) is 18.8. The molecule has 1 atom stereocenters. The van der Waals surface area contributed by atoms with Crippen molar-refractivity contribution in [2.24, 2.45) is 5.92 Å². The van der Waals surface area contributed by atoms with Gasteiger partial charge in [0.05, 0.1) is 0 Å². The summed E-state index contributed by atoms with van der Waals surface area (Å²) in [5, 5.41) is 4.61. The molecule has 0 radical (unpaired) electrons. The zero-order valence-corrected chi connectivity index (χ0v) is 23.6. The molecule has 2 aromatic carbocycles. The molecule has 0 aliphatic heterocycles. The first kappa shape index (κ1) is 25.1. The fourth-order valence-electron chi connectivity index (χ4n) is 6.00. The van der Waals surface area contributed by atoms with E-state index >= 15 is 0 Å². The van der Waals surface area contributed by atoms with Gasteiger partial charge in [0, 0.05) is 0 Å². The quantitative estimate of drug-likeness (QED) is 0.453. The summed E-state index contributed by atoms with van der Waals surface area (Å²) in [5.41, 5.74) is 9.25. The van der Waals surface area contributed by atoms with E-state index in [9.17, 15) is 0 Å². The number of hydrogen-bond donors (Lipinski definition) is 0. The second kappa shape index (κ2) is 10.7. The SMILES string of the molecule is CC1C=CC(c2ccsc2)=[C]1[Zr+2](=[C]1CCCCC1)[CH]1c2ccccc2-c2ccccc21.[Cl-].[Cl-]. The van der Waals surface area contributed by atoms with Crippen molar-refractivity contribution in [2.45, 2.75) is 42.7 Å². The zero-order chi connectivity index (χ0) is 20.8. The van der Waals surface area contributed by atoms with E-state index in [0.29, 0.717) is 9.54 Å². The molecule has 0 amide bonds. The minimum atomic E-state index is -2.21. The van der Waals surface area contributed by atoms with Crippen molar-refractivity contribution in [1.82, 2.24) is 0 Å². The molecule has 1 aromatic heterocycles. The van der Waals surface area contributed by atoms with Crippen LogP contribution in [-0.2, 0) is 21.3 Å². The third-order valence-corrected chi connectivity index (χ3v) is 17.3. The van der Waals surface area contributed by atoms with E-state index in [1.54, 1.807) is 16.7 Å². The Bertz CT molecular complexity index is 1180. The van der Waals surface area contributed by atoms with E-state index < -0.39 is 21.3 Å². The maximum atomic E-state index is 2.49. The number of thiophene rings is 1. The first-order valence-electron chi connectivity index (χ1n) is 11.7. The van der Waals surface area contributed by atoms with Crippen molar-refractivity contribution in [3.05, 3.63) is 97.5 Å². The van der Waals surface area contributed by atoms with Crippen LogP contribution >= 0.6 is 11.3 Å². The molecule has 3 aliphatic carbocycles. The summed E-state index contributed by atoms with van der Waals surface area (Å²) in [4.78, 5) is 0. The van der Waals surface area contributed by atoms with Gasteiger partial charge >= 0.3 is 199 Å². The van der Waals surface area contributed by atoms with Crippen molar-refractivity contribution in [1.29, 1.82) is 0 Å². The van der Waals surface area contributed by atoms with Gasteiger partial charge in [-0.15, -0.1) is 0 Å². The molecule has 0 N–H and O–H groups in total. The molecule has 168 valence electrons. The van der Waals surface area contributed by atoms with Gasteiger partial charge in [-0.1, -0.05) is 0 Å². The molecule has 1 heterocycles. The number of halogens is 2. The average molecular weight is 571 g/mol. The van der Waals surface area contributed by atoms with E-state index in [1.165, 1.54) is 48.8 Å². The largest absolute Gasteiger partial charge is 1.00 e. The number of fused-ring (bicyclic) bond motifs is 3. The topological polar surface area (TPSA) is 0 Å². The Kier molecular flexibility index (Phi) is 8.12. The molecule has 1 unspecified atom stereocenters. The minimum absolute atomic E-state index is 0. The summed E-state index contributed by atoms with van der Waals surface area (Å²) in [7, 11) is 0. The molecule has 0 nitrogen and oxygen atoms in total. The first-order chi connectivity index (χ1) is 15.3. The Morgan fingerprint density at radius 3 is 2.06 bits per heavy atom. The Balaban J connectivity index is 0.00000130. The maximum Gasteiger partial charge on any atom is -1.00 e. The van der Waals surface area contributed by atoms with Crippen molar-refractivity contribution < 1.29 is 46.1 Å². The van der Waals surface area contributed by atoms with Crippen LogP contribution in [0, 0.1) is 5.92 Å². The first-order valence-corrected chi connectivity index (χ1v) is 16.5. The summed E-state index contributed by atoms with van der Waals surface area (Å²) in [6.07, 6.45) is 11.9. The Morgan fingerprint density at radius 2 is 1.45 bits per heavy atom. The molecule has 0 bridgehead atoms. The third-order valence-electron chi connectivity index (χ3n) is 7.38. The van der Waals surface area contributed by atoms with Crippen LogP contribution in [0.3, 0.4) is 0 Å². The monoisotopic (exact) mass is 568 g/mol. The zero-order valence-electron chi connectivity index (χ0n) is 18.9. The molecule has 4 heteroatoms. The van der Waals surface area contributed by atoms with Crippen LogP contribution in [0.2, 0.25) is 0 Å². The van der Waals surface area contributed by atoms with Gasteiger partial charge in [-0.05, 0) is 0 Å². The van der Waals surface area contributed by atoms with Crippen LogP contribution in [0.1, 0.15) is 59.3 Å². The van der Waals surface area contributed by atoms with Crippen LogP contribution in [0.5, 0.6) is 0 Å². The van der Waals surface area contributed by atoms with E-state index in [-0.39, 0.29) is 24.8 Å². The standard InChI is InChI=1S/C13H9.C10H9S.C6H10.2ClH.Zr/c1-3-7-12-10(5-1)9-11-6-2-4-8-13(11)12;1-8-2-3-9(6-8)10-4-5-11-7-10;1-2-4-6-5-3-1;;;/h1-9H;2-5,7-8H,1H3;1-5H2;2*1H;/q;;;;;+2/p-2. The van der Waals surface area contributed by atoms with Crippen LogP contribution in [0.4, 0.5) is 0 Å². The second-order valence-electron chi connectivity index (χ2n) is 9.17. The molecule has 0 spiro atoms. The predicted octanol–water partition coefficient (Wildman–Crippen LogP) is 2.20. The van der Waals surface area contributed by atoms with Crippen LogP contribution < -0.4 is 24.8 Å². The van der Waals surface area contributed by atoms with E-state index in [2.05, 4.69) is 84.4 Å². The summed E-state index contributed by atoms with van der Waals surface area (Å²) < 4.78 is 4.48. The van der Waals surface area contributed by atoms with Crippen LogP contribution in [-0.4, -0.2) is 3.21 Å². The van der Waals surface area contributed by atoms with Crippen molar-refractivity contribution in [3.8, 4) is 11.1 Å². The van der Waals surface area contributed by atoms with Gasteiger partial charge in [-0.25, -0.2) is 0 Å². The van der Waals surface area contributed by atoms with Gasteiger partial charge in [-0.2, -0.15) is 0 Å². The second-order valence-corrected chi connectivity index (χ2v) is 16.5. The minimum Gasteiger partial charge on any atom is -1.00 e. The molecular formula is C29H28Cl2SZr. The van der Waals surface area contributed by atoms with Crippen LogP contribution in [0.15, 0.2) is 80.8 Å². The molecule has 6 rings (SSSR count). The molecule has 3 aliphatic rings. The van der Waals surface area contributed by atoms with Gasteiger partial charge < -0.3 is 24.8 Å². The Morgan fingerprint density at radius 1 is 0.818 bits per heavy atom. The van der Waals surface area contributed by atoms with Gasteiger partial charge in [0.1, 0.15) is 0 Å². The number of benzene rings is 2. The molecule has 0 saturated heterocycles. The summed E-state index contributed by atoms with van der Waals surface area (Å²) in [5.74, 6) is 0.582. The van der Waals surface area contributed by atoms with E-state index in [0.717, 1.165) is 0 Å². The van der Waals surface area contributed by atoms with Gasteiger partial charge in [0.15, 0.2) is 0 Å². The van der Waals surface area contributed by atoms with Gasteiger partial charge in [-0.3, -0.25) is 0 Å². The number of allylic oxidation sites excluding steroid dienone is 4. The third kappa shape index (κ3) is 4.38. The smallest absolute Gasteiger partial charge is 1.00 e.